The Bertz CT molecular complexity index is 351. The molecule has 0 fully saturated rings. The Morgan fingerprint density at radius 2 is 1.62 bits per heavy atom. The van der Waals surface area contributed by atoms with E-state index < -0.39 is 24.5 Å². The highest BCUT2D eigenvalue weighted by Crippen LogP contribution is 2.14. The molecule has 0 aliphatic rings. The van der Waals surface area contributed by atoms with Crippen LogP contribution >= 0.6 is 0 Å². The van der Waals surface area contributed by atoms with Crippen molar-refractivity contribution >= 4 is 17.9 Å². The Morgan fingerprint density at radius 3 is 1.95 bits per heavy atom. The van der Waals surface area contributed by atoms with E-state index in [9.17, 15) is 14.4 Å². The molecule has 21 heavy (non-hydrogen) atoms. The number of carbonyl (C=O) groups is 3. The van der Waals surface area contributed by atoms with Gasteiger partial charge in [0, 0.05) is 12.6 Å². The fraction of sp³-hybridized carbons (Fsp3) is 0.786. The Hall–Kier alpha value is -1.79. The molecule has 0 unspecified atom stereocenters. The molecule has 0 radical (unpaired) electrons. The highest BCUT2D eigenvalue weighted by atomic mass is 16.4. The van der Waals surface area contributed by atoms with E-state index in [1.165, 1.54) is 0 Å². The molecule has 0 spiro atoms. The van der Waals surface area contributed by atoms with Crippen molar-refractivity contribution in [2.75, 3.05) is 19.6 Å². The first-order chi connectivity index (χ1) is 9.72. The molecule has 0 aromatic heterocycles. The Balaban J connectivity index is 5.24. The van der Waals surface area contributed by atoms with Gasteiger partial charge >= 0.3 is 12.0 Å². The third kappa shape index (κ3) is 6.97. The number of nitrogens with zero attached hydrogens (tertiary/aromatic N) is 2. The minimum absolute atomic E-state index is 0.0177. The summed E-state index contributed by atoms with van der Waals surface area (Å²) in [6.45, 7) is 7.52. The summed E-state index contributed by atoms with van der Waals surface area (Å²) in [5.41, 5.74) is 5.11. The molecule has 0 rings (SSSR count). The zero-order valence-electron chi connectivity index (χ0n) is 13.3. The van der Waals surface area contributed by atoms with Crippen LogP contribution in [0.1, 0.15) is 40.5 Å². The van der Waals surface area contributed by atoms with E-state index in [1.54, 1.807) is 4.90 Å². The van der Waals surface area contributed by atoms with Crippen molar-refractivity contribution < 1.29 is 19.5 Å². The van der Waals surface area contributed by atoms with Crippen molar-refractivity contribution in [1.29, 1.82) is 0 Å². The van der Waals surface area contributed by atoms with Gasteiger partial charge in [0.2, 0.25) is 5.91 Å². The van der Waals surface area contributed by atoms with E-state index in [1.807, 2.05) is 27.7 Å². The van der Waals surface area contributed by atoms with Crippen LogP contribution in [0.25, 0.3) is 0 Å². The summed E-state index contributed by atoms with van der Waals surface area (Å²) in [7, 11) is 0. The van der Waals surface area contributed by atoms with Gasteiger partial charge < -0.3 is 20.6 Å². The molecule has 0 saturated carbocycles. The third-order valence-electron chi connectivity index (χ3n) is 3.13. The van der Waals surface area contributed by atoms with Crippen molar-refractivity contribution in [3.8, 4) is 0 Å². The zero-order valence-corrected chi connectivity index (χ0v) is 13.3. The van der Waals surface area contributed by atoms with Gasteiger partial charge in [-0.05, 0) is 18.8 Å². The lowest BCUT2D eigenvalue weighted by Crippen LogP contribution is -2.52. The van der Waals surface area contributed by atoms with Crippen LogP contribution in [0.4, 0.5) is 4.79 Å². The fourth-order valence-corrected chi connectivity index (χ4v) is 2.23. The number of urea groups is 1. The van der Waals surface area contributed by atoms with Gasteiger partial charge in [-0.1, -0.05) is 27.7 Å². The third-order valence-corrected chi connectivity index (χ3v) is 3.13. The first kappa shape index (κ1) is 19.2. The molecule has 0 aliphatic heterocycles. The van der Waals surface area contributed by atoms with E-state index in [4.69, 9.17) is 10.8 Å². The number of carbonyl (C=O) groups excluding carboxylic acids is 2. The Labute approximate surface area is 126 Å². The van der Waals surface area contributed by atoms with Crippen LogP contribution < -0.4 is 5.73 Å². The van der Waals surface area contributed by atoms with E-state index in [0.29, 0.717) is 6.54 Å². The second-order valence-electron chi connectivity index (χ2n) is 5.52. The average Bonchev–Trinajstić information content (AvgIpc) is 2.35. The molecule has 0 aliphatic carbocycles. The number of carboxylic acids is 1. The molecule has 0 saturated heterocycles. The van der Waals surface area contributed by atoms with Gasteiger partial charge in [0.15, 0.2) is 0 Å². The summed E-state index contributed by atoms with van der Waals surface area (Å²) in [5, 5.41) is 8.90. The lowest BCUT2D eigenvalue weighted by molar-refractivity contribution is -0.138. The lowest BCUT2D eigenvalue weighted by atomic mass is 10.1. The number of aliphatic carboxylic acids is 1. The van der Waals surface area contributed by atoms with Crippen LogP contribution in [0.15, 0.2) is 0 Å². The standard InChI is InChI=1S/C14H27N3O4/c1-5-11(6-2)17(7-10(3)4)14(21)16(8-12(15)18)9-13(19)20/h10-11H,5-9H2,1-4H3,(H2,15,18)(H,19,20). The van der Waals surface area contributed by atoms with E-state index in [0.717, 1.165) is 17.7 Å². The topological polar surface area (TPSA) is 104 Å². The predicted octanol–water partition coefficient (Wildman–Crippen LogP) is 1.12. The Kier molecular flexibility index (Phi) is 8.42. The minimum Gasteiger partial charge on any atom is -0.480 e. The second-order valence-corrected chi connectivity index (χ2v) is 5.52. The molecule has 0 aromatic carbocycles. The molecule has 0 aromatic rings. The average molecular weight is 301 g/mol. The highest BCUT2D eigenvalue weighted by Gasteiger charge is 2.28. The predicted molar refractivity (Wildman–Crippen MR) is 79.7 cm³/mol. The molecule has 3 N–H and O–H groups in total. The first-order valence-electron chi connectivity index (χ1n) is 7.28. The van der Waals surface area contributed by atoms with Crippen molar-refractivity contribution in [3.63, 3.8) is 0 Å². The zero-order chi connectivity index (χ0) is 16.6. The maximum atomic E-state index is 12.6. The van der Waals surface area contributed by atoms with Crippen LogP contribution in [0.2, 0.25) is 0 Å². The van der Waals surface area contributed by atoms with Gasteiger partial charge in [-0.15, -0.1) is 0 Å². The summed E-state index contributed by atoms with van der Waals surface area (Å²) in [6, 6.07) is -0.428. The number of primary amides is 1. The van der Waals surface area contributed by atoms with Gasteiger partial charge in [-0.25, -0.2) is 4.79 Å². The second kappa shape index (κ2) is 9.20. The summed E-state index contributed by atoms with van der Waals surface area (Å²) in [4.78, 5) is 37.2. The summed E-state index contributed by atoms with van der Waals surface area (Å²) in [5.74, 6) is -1.65. The van der Waals surface area contributed by atoms with Crippen molar-refractivity contribution in [1.82, 2.24) is 9.80 Å². The highest BCUT2D eigenvalue weighted by molar-refractivity contribution is 5.86. The molecule has 0 bridgehead atoms. The Morgan fingerprint density at radius 1 is 1.10 bits per heavy atom. The molecule has 3 amide bonds. The number of hydrogen-bond donors (Lipinski definition) is 2. The van der Waals surface area contributed by atoms with Gasteiger partial charge in [0.25, 0.3) is 0 Å². The van der Waals surface area contributed by atoms with Crippen LogP contribution in [-0.4, -0.2) is 58.5 Å². The van der Waals surface area contributed by atoms with Gasteiger partial charge in [0.1, 0.15) is 13.1 Å². The number of amides is 3. The quantitative estimate of drug-likeness (QED) is 0.666. The van der Waals surface area contributed by atoms with E-state index in [-0.39, 0.29) is 18.5 Å². The normalized spacial score (nSPS) is 10.8. The van der Waals surface area contributed by atoms with Crippen LogP contribution in [-0.2, 0) is 9.59 Å². The van der Waals surface area contributed by atoms with Crippen molar-refractivity contribution in [3.05, 3.63) is 0 Å². The molecule has 122 valence electrons. The van der Waals surface area contributed by atoms with Gasteiger partial charge in [-0.2, -0.15) is 0 Å². The van der Waals surface area contributed by atoms with Gasteiger partial charge in [0.05, 0.1) is 0 Å². The summed E-state index contributed by atoms with van der Waals surface area (Å²) in [6.07, 6.45) is 1.54. The molecule has 0 heterocycles. The lowest BCUT2D eigenvalue weighted by Gasteiger charge is -2.35. The monoisotopic (exact) mass is 301 g/mol. The molecular weight excluding hydrogens is 274 g/mol. The van der Waals surface area contributed by atoms with Crippen molar-refractivity contribution in [2.45, 2.75) is 46.6 Å². The number of rotatable bonds is 9. The minimum atomic E-state index is -1.17. The van der Waals surface area contributed by atoms with E-state index >= 15 is 0 Å². The SMILES string of the molecule is CCC(CC)N(CC(C)C)C(=O)N(CC(N)=O)CC(=O)O. The van der Waals surface area contributed by atoms with Crippen LogP contribution in [0.3, 0.4) is 0 Å². The molecule has 7 heteroatoms. The van der Waals surface area contributed by atoms with Crippen LogP contribution in [0, 0.1) is 5.92 Å². The molecule has 7 nitrogen and oxygen atoms in total. The molecule has 0 atom stereocenters. The summed E-state index contributed by atoms with van der Waals surface area (Å²) >= 11 is 0. The first-order valence-corrected chi connectivity index (χ1v) is 7.28. The fourth-order valence-electron chi connectivity index (χ4n) is 2.23. The maximum Gasteiger partial charge on any atom is 0.323 e. The largest absolute Gasteiger partial charge is 0.480 e. The number of nitrogens with two attached hydrogens (primary N) is 1. The maximum absolute atomic E-state index is 12.6. The van der Waals surface area contributed by atoms with Crippen LogP contribution in [0.5, 0.6) is 0 Å². The van der Waals surface area contributed by atoms with Gasteiger partial charge in [-0.3, -0.25) is 9.59 Å². The molecular formula is C14H27N3O4. The number of carboxylic acid groups (broad SMARTS) is 1. The van der Waals surface area contributed by atoms with Crippen molar-refractivity contribution in [2.24, 2.45) is 11.7 Å². The number of hydrogen-bond acceptors (Lipinski definition) is 3. The smallest absolute Gasteiger partial charge is 0.323 e. The summed E-state index contributed by atoms with van der Waals surface area (Å²) < 4.78 is 0. The van der Waals surface area contributed by atoms with E-state index in [2.05, 4.69) is 0 Å².